The van der Waals surface area contributed by atoms with E-state index in [0.717, 1.165) is 17.0 Å². The molecule has 1 radical (unpaired) electrons. The molecule has 1 aromatic heterocycles. The van der Waals surface area contributed by atoms with E-state index in [1.165, 1.54) is 0 Å². The summed E-state index contributed by atoms with van der Waals surface area (Å²) in [4.78, 5) is 16.2. The lowest BCUT2D eigenvalue weighted by Gasteiger charge is -2.04. The molecule has 0 saturated heterocycles. The van der Waals surface area contributed by atoms with E-state index < -0.39 is 0 Å². The van der Waals surface area contributed by atoms with E-state index in [9.17, 15) is 4.79 Å². The number of benzene rings is 1. The minimum absolute atomic E-state index is 0.0438. The standard InChI is InChI=1S/C14H14ClN2O/c1-4-13(18)17-9(2)14(16-10(17)3)11-5-7-12(15)8-6-11/h5-8H,1,4H2,2-3H3. The summed E-state index contributed by atoms with van der Waals surface area (Å²) in [6.07, 6.45) is 0.220. The zero-order chi connectivity index (χ0) is 13.3. The largest absolute Gasteiger partial charge is 0.274 e. The van der Waals surface area contributed by atoms with Gasteiger partial charge in [0.05, 0.1) is 11.4 Å². The van der Waals surface area contributed by atoms with Crippen LogP contribution in [0.5, 0.6) is 0 Å². The molecule has 4 heteroatoms. The first-order chi connectivity index (χ1) is 8.54. The van der Waals surface area contributed by atoms with Gasteiger partial charge in [-0.2, -0.15) is 0 Å². The highest BCUT2D eigenvalue weighted by Gasteiger charge is 2.16. The molecule has 2 aromatic rings. The highest BCUT2D eigenvalue weighted by atomic mass is 35.5. The van der Waals surface area contributed by atoms with Gasteiger partial charge in [-0.15, -0.1) is 0 Å². The monoisotopic (exact) mass is 261 g/mol. The first-order valence-corrected chi connectivity index (χ1v) is 6.06. The molecule has 0 atom stereocenters. The van der Waals surface area contributed by atoms with E-state index in [4.69, 9.17) is 11.6 Å². The first-order valence-electron chi connectivity index (χ1n) is 5.69. The maximum absolute atomic E-state index is 11.8. The van der Waals surface area contributed by atoms with Gasteiger partial charge in [0.2, 0.25) is 5.91 Å². The van der Waals surface area contributed by atoms with Crippen LogP contribution < -0.4 is 0 Å². The van der Waals surface area contributed by atoms with Gasteiger partial charge in [-0.25, -0.2) is 4.98 Å². The molecule has 0 aliphatic carbocycles. The van der Waals surface area contributed by atoms with Gasteiger partial charge in [-0.05, 0) is 32.9 Å². The number of aryl methyl sites for hydroxylation is 1. The Morgan fingerprint density at radius 1 is 1.33 bits per heavy atom. The van der Waals surface area contributed by atoms with Crippen LogP contribution in [0.25, 0.3) is 11.3 Å². The summed E-state index contributed by atoms with van der Waals surface area (Å²) in [6, 6.07) is 7.42. The van der Waals surface area contributed by atoms with Gasteiger partial charge < -0.3 is 0 Å². The maximum atomic E-state index is 11.8. The summed E-state index contributed by atoms with van der Waals surface area (Å²) < 4.78 is 1.61. The van der Waals surface area contributed by atoms with Crippen molar-refractivity contribution in [3.8, 4) is 11.3 Å². The molecule has 0 fully saturated rings. The molecule has 1 aromatic carbocycles. The molecule has 2 rings (SSSR count). The average Bonchev–Trinajstić information content (AvgIpc) is 2.65. The van der Waals surface area contributed by atoms with Crippen molar-refractivity contribution >= 4 is 17.5 Å². The molecule has 0 bridgehead atoms. The Kier molecular flexibility index (Phi) is 3.53. The van der Waals surface area contributed by atoms with Crippen LogP contribution in [-0.4, -0.2) is 15.5 Å². The van der Waals surface area contributed by atoms with Crippen LogP contribution in [0.15, 0.2) is 24.3 Å². The van der Waals surface area contributed by atoms with Crippen LogP contribution in [0.2, 0.25) is 5.02 Å². The Balaban J connectivity index is 2.53. The zero-order valence-corrected chi connectivity index (χ0v) is 11.2. The van der Waals surface area contributed by atoms with E-state index in [0.29, 0.717) is 10.8 Å². The predicted octanol–water partition coefficient (Wildman–Crippen LogP) is 3.68. The number of rotatable bonds is 2. The molecule has 93 valence electrons. The number of halogens is 1. The maximum Gasteiger partial charge on any atom is 0.232 e. The second-order valence-corrected chi connectivity index (χ2v) is 4.52. The number of hydrogen-bond acceptors (Lipinski definition) is 2. The topological polar surface area (TPSA) is 34.9 Å². The summed E-state index contributed by atoms with van der Waals surface area (Å²) in [5.74, 6) is 0.642. The number of aromatic nitrogens is 2. The van der Waals surface area contributed by atoms with E-state index in [2.05, 4.69) is 11.9 Å². The molecule has 0 unspecified atom stereocenters. The van der Waals surface area contributed by atoms with Crippen molar-refractivity contribution in [2.45, 2.75) is 20.3 Å². The van der Waals surface area contributed by atoms with E-state index in [1.54, 1.807) is 4.57 Å². The fourth-order valence-corrected chi connectivity index (χ4v) is 2.13. The molecule has 3 nitrogen and oxygen atoms in total. The van der Waals surface area contributed by atoms with Gasteiger partial charge >= 0.3 is 0 Å². The number of imidazole rings is 1. The van der Waals surface area contributed by atoms with Crippen LogP contribution in [0.1, 0.15) is 22.7 Å². The highest BCUT2D eigenvalue weighted by molar-refractivity contribution is 6.30. The third-order valence-corrected chi connectivity index (χ3v) is 3.11. The highest BCUT2D eigenvalue weighted by Crippen LogP contribution is 2.25. The lowest BCUT2D eigenvalue weighted by molar-refractivity contribution is 0.0912. The van der Waals surface area contributed by atoms with Crippen LogP contribution in [0, 0.1) is 20.8 Å². The van der Waals surface area contributed by atoms with Crippen molar-refractivity contribution in [3.05, 3.63) is 47.7 Å². The summed E-state index contributed by atoms with van der Waals surface area (Å²) in [5.41, 5.74) is 2.60. The van der Waals surface area contributed by atoms with Crippen molar-refractivity contribution < 1.29 is 4.79 Å². The first kappa shape index (κ1) is 12.8. The van der Waals surface area contributed by atoms with Crippen molar-refractivity contribution in [1.82, 2.24) is 9.55 Å². The van der Waals surface area contributed by atoms with Crippen LogP contribution in [-0.2, 0) is 0 Å². The van der Waals surface area contributed by atoms with Gasteiger partial charge in [0.15, 0.2) is 0 Å². The van der Waals surface area contributed by atoms with Gasteiger partial charge in [-0.1, -0.05) is 23.7 Å². The van der Waals surface area contributed by atoms with Crippen molar-refractivity contribution in [3.63, 3.8) is 0 Å². The molecule has 0 saturated carbocycles. The fourth-order valence-electron chi connectivity index (χ4n) is 2.00. The fraction of sp³-hybridized carbons (Fsp3) is 0.214. The number of nitrogens with zero attached hydrogens (tertiary/aromatic N) is 2. The van der Waals surface area contributed by atoms with Gasteiger partial charge in [0.1, 0.15) is 5.82 Å². The normalized spacial score (nSPS) is 10.7. The lowest BCUT2D eigenvalue weighted by Crippen LogP contribution is -2.12. The summed E-state index contributed by atoms with van der Waals surface area (Å²) in [5, 5.41) is 0.682. The van der Waals surface area contributed by atoms with Crippen molar-refractivity contribution in [2.75, 3.05) is 0 Å². The Bertz CT molecular complexity index is 585. The van der Waals surface area contributed by atoms with Crippen LogP contribution in [0.3, 0.4) is 0 Å². The Morgan fingerprint density at radius 3 is 2.50 bits per heavy atom. The van der Waals surface area contributed by atoms with Crippen molar-refractivity contribution in [2.24, 2.45) is 0 Å². The lowest BCUT2D eigenvalue weighted by atomic mass is 10.1. The summed E-state index contributed by atoms with van der Waals surface area (Å²) in [6.45, 7) is 7.33. The van der Waals surface area contributed by atoms with Gasteiger partial charge in [-0.3, -0.25) is 9.36 Å². The van der Waals surface area contributed by atoms with E-state index >= 15 is 0 Å². The van der Waals surface area contributed by atoms with E-state index in [1.807, 2.05) is 38.1 Å². The SMILES string of the molecule is [CH2]CC(=O)n1c(C)nc(-c2ccc(Cl)cc2)c1C. The molecular formula is C14H14ClN2O. The predicted molar refractivity (Wildman–Crippen MR) is 72.7 cm³/mol. The summed E-state index contributed by atoms with van der Waals surface area (Å²) >= 11 is 5.86. The van der Waals surface area contributed by atoms with Crippen LogP contribution in [0.4, 0.5) is 0 Å². The average molecular weight is 262 g/mol. The molecule has 0 amide bonds. The number of hydrogen-bond donors (Lipinski definition) is 0. The Morgan fingerprint density at radius 2 is 1.94 bits per heavy atom. The minimum atomic E-state index is -0.0438. The second-order valence-electron chi connectivity index (χ2n) is 4.08. The minimum Gasteiger partial charge on any atom is -0.274 e. The third kappa shape index (κ3) is 2.18. The van der Waals surface area contributed by atoms with Gasteiger partial charge in [0.25, 0.3) is 0 Å². The molecule has 0 N–H and O–H groups in total. The quantitative estimate of drug-likeness (QED) is 0.826. The smallest absolute Gasteiger partial charge is 0.232 e. The molecule has 0 aliphatic rings. The zero-order valence-electron chi connectivity index (χ0n) is 10.4. The molecule has 1 heterocycles. The molecule has 18 heavy (non-hydrogen) atoms. The molecule has 0 aliphatic heterocycles. The molecule has 0 spiro atoms. The number of carbonyl (C=O) groups excluding carboxylic acids is 1. The summed E-state index contributed by atoms with van der Waals surface area (Å²) in [7, 11) is 0. The van der Waals surface area contributed by atoms with Gasteiger partial charge in [0, 0.05) is 17.0 Å². The van der Waals surface area contributed by atoms with E-state index in [-0.39, 0.29) is 12.3 Å². The van der Waals surface area contributed by atoms with Crippen molar-refractivity contribution in [1.29, 1.82) is 0 Å². The number of carbonyl (C=O) groups is 1. The second kappa shape index (κ2) is 4.94. The van der Waals surface area contributed by atoms with Crippen LogP contribution >= 0.6 is 11.6 Å². The Labute approximate surface area is 111 Å². The third-order valence-electron chi connectivity index (χ3n) is 2.86. The molecular weight excluding hydrogens is 248 g/mol. The Hall–Kier alpha value is -1.61.